The first-order chi connectivity index (χ1) is 11.6. The standard InChI is InChI=1S/C20H26N2O2/c1-4-13-14-9-10-22(3)20(13)18-15-7-5-6-8-17(15)21-19(18)16(14)11-24-12(2)23/h5-8,13-14,16,20-21H,4,9-11H2,1-3H3/t13?,14-,16?,20+/m0/s1. The number of fused-ring (bicyclic) bond motifs is 6. The first kappa shape index (κ1) is 15.7. The van der Waals surface area contributed by atoms with Crippen LogP contribution in [0.1, 0.15) is 49.9 Å². The first-order valence-electron chi connectivity index (χ1n) is 9.06. The number of rotatable bonds is 3. The van der Waals surface area contributed by atoms with Crippen LogP contribution >= 0.6 is 0 Å². The Bertz CT molecular complexity index is 766. The molecule has 1 aromatic heterocycles. The second-order valence-electron chi connectivity index (χ2n) is 7.36. The van der Waals surface area contributed by atoms with Gasteiger partial charge in [-0.25, -0.2) is 0 Å². The third-order valence-electron chi connectivity index (χ3n) is 6.14. The number of ether oxygens (including phenoxy) is 1. The average molecular weight is 326 g/mol. The summed E-state index contributed by atoms with van der Waals surface area (Å²) in [7, 11) is 2.25. The van der Waals surface area contributed by atoms with E-state index in [-0.39, 0.29) is 11.9 Å². The zero-order chi connectivity index (χ0) is 16.8. The van der Waals surface area contributed by atoms with Crippen LogP contribution in [0.4, 0.5) is 0 Å². The van der Waals surface area contributed by atoms with Crippen molar-refractivity contribution < 1.29 is 9.53 Å². The molecule has 0 spiro atoms. The molecular weight excluding hydrogens is 300 g/mol. The molecule has 0 amide bonds. The Kier molecular flexibility index (Phi) is 3.87. The van der Waals surface area contributed by atoms with Gasteiger partial charge in [-0.3, -0.25) is 9.69 Å². The van der Waals surface area contributed by atoms with Gasteiger partial charge in [0.2, 0.25) is 0 Å². The van der Waals surface area contributed by atoms with E-state index in [4.69, 9.17) is 4.74 Å². The maximum absolute atomic E-state index is 11.4. The number of likely N-dealkylation sites (tertiary alicyclic amines) is 1. The Morgan fingerprint density at radius 2 is 2.17 bits per heavy atom. The molecule has 1 saturated heterocycles. The zero-order valence-electron chi connectivity index (χ0n) is 14.7. The SMILES string of the molecule is CCC1[C@@H]2CCN(C)[C@H]1c1c([nH]c3ccccc13)C2COC(C)=O. The highest BCUT2D eigenvalue weighted by Gasteiger charge is 2.48. The van der Waals surface area contributed by atoms with Gasteiger partial charge in [-0.1, -0.05) is 31.5 Å². The molecule has 2 bridgehead atoms. The highest BCUT2D eigenvalue weighted by Crippen LogP contribution is 2.54. The van der Waals surface area contributed by atoms with Crippen LogP contribution in [-0.2, 0) is 9.53 Å². The molecular formula is C20H26N2O2. The highest BCUT2D eigenvalue weighted by atomic mass is 16.5. The molecule has 4 heteroatoms. The van der Waals surface area contributed by atoms with E-state index in [0.29, 0.717) is 24.5 Å². The molecule has 2 heterocycles. The fourth-order valence-corrected chi connectivity index (χ4v) is 5.15. The lowest BCUT2D eigenvalue weighted by molar-refractivity contribution is -0.142. The molecule has 4 rings (SSSR count). The van der Waals surface area contributed by atoms with Crippen LogP contribution in [0.25, 0.3) is 10.9 Å². The highest BCUT2D eigenvalue weighted by molar-refractivity contribution is 5.86. The summed E-state index contributed by atoms with van der Waals surface area (Å²) >= 11 is 0. The van der Waals surface area contributed by atoms with Gasteiger partial charge in [-0.05, 0) is 43.5 Å². The normalized spacial score (nSPS) is 29.5. The van der Waals surface area contributed by atoms with Crippen molar-refractivity contribution in [2.75, 3.05) is 20.2 Å². The van der Waals surface area contributed by atoms with E-state index in [0.717, 1.165) is 13.0 Å². The number of aromatic nitrogens is 1. The minimum atomic E-state index is -0.184. The van der Waals surface area contributed by atoms with Crippen molar-refractivity contribution in [1.82, 2.24) is 9.88 Å². The lowest BCUT2D eigenvalue weighted by Crippen LogP contribution is -2.47. The molecule has 0 radical (unpaired) electrons. The van der Waals surface area contributed by atoms with Gasteiger partial charge in [0, 0.05) is 35.5 Å². The number of para-hydroxylation sites is 1. The third-order valence-corrected chi connectivity index (χ3v) is 6.14. The number of nitrogens with zero attached hydrogens (tertiary/aromatic N) is 1. The first-order valence-corrected chi connectivity index (χ1v) is 9.06. The van der Waals surface area contributed by atoms with Crippen molar-refractivity contribution in [2.24, 2.45) is 11.8 Å². The summed E-state index contributed by atoms with van der Waals surface area (Å²) in [5.41, 5.74) is 3.93. The van der Waals surface area contributed by atoms with Gasteiger partial charge in [-0.15, -0.1) is 0 Å². The average Bonchev–Trinajstić information content (AvgIpc) is 2.95. The molecule has 128 valence electrons. The number of benzene rings is 1. The maximum Gasteiger partial charge on any atom is 0.302 e. The monoisotopic (exact) mass is 326 g/mol. The second kappa shape index (κ2) is 5.92. The summed E-state index contributed by atoms with van der Waals surface area (Å²) in [6.07, 6.45) is 2.33. The van der Waals surface area contributed by atoms with Gasteiger partial charge in [0.1, 0.15) is 0 Å². The predicted octanol–water partition coefficient (Wildman–Crippen LogP) is 3.85. The smallest absolute Gasteiger partial charge is 0.302 e. The van der Waals surface area contributed by atoms with Crippen molar-refractivity contribution in [3.05, 3.63) is 35.5 Å². The van der Waals surface area contributed by atoms with Gasteiger partial charge in [0.25, 0.3) is 0 Å². The number of piperidine rings is 1. The lowest BCUT2D eigenvalue weighted by Gasteiger charge is -2.50. The van der Waals surface area contributed by atoms with E-state index in [1.54, 1.807) is 0 Å². The van der Waals surface area contributed by atoms with Crippen molar-refractivity contribution in [3.8, 4) is 0 Å². The van der Waals surface area contributed by atoms with Crippen LogP contribution < -0.4 is 0 Å². The maximum atomic E-state index is 11.4. The molecule has 1 fully saturated rings. The molecule has 2 unspecified atom stereocenters. The molecule has 2 aliphatic rings. The van der Waals surface area contributed by atoms with Gasteiger partial charge in [-0.2, -0.15) is 0 Å². The van der Waals surface area contributed by atoms with Gasteiger partial charge in [0.05, 0.1) is 6.61 Å². The molecule has 1 N–H and O–H groups in total. The van der Waals surface area contributed by atoms with E-state index in [2.05, 4.69) is 48.1 Å². The largest absolute Gasteiger partial charge is 0.465 e. The quantitative estimate of drug-likeness (QED) is 0.872. The van der Waals surface area contributed by atoms with E-state index < -0.39 is 0 Å². The minimum absolute atomic E-state index is 0.184. The summed E-state index contributed by atoms with van der Waals surface area (Å²) in [6.45, 7) is 5.41. The third kappa shape index (κ3) is 2.27. The number of carbonyl (C=O) groups excluding carboxylic acids is 1. The van der Waals surface area contributed by atoms with Crippen LogP contribution in [-0.4, -0.2) is 36.1 Å². The molecule has 24 heavy (non-hydrogen) atoms. The number of aromatic amines is 1. The molecule has 4 nitrogen and oxygen atoms in total. The Balaban J connectivity index is 1.89. The summed E-state index contributed by atoms with van der Waals surface area (Å²) in [6, 6.07) is 9.05. The number of hydrogen-bond donors (Lipinski definition) is 1. The Labute approximate surface area is 143 Å². The number of hydrogen-bond acceptors (Lipinski definition) is 3. The van der Waals surface area contributed by atoms with Gasteiger partial charge >= 0.3 is 5.97 Å². The van der Waals surface area contributed by atoms with Gasteiger partial charge in [0.15, 0.2) is 0 Å². The number of carbonyl (C=O) groups is 1. The molecule has 1 aliphatic carbocycles. The van der Waals surface area contributed by atoms with Crippen LogP contribution in [0.2, 0.25) is 0 Å². The van der Waals surface area contributed by atoms with Crippen molar-refractivity contribution in [1.29, 1.82) is 0 Å². The molecule has 4 atom stereocenters. The number of H-pyrrole nitrogens is 1. The van der Waals surface area contributed by atoms with E-state index in [1.807, 2.05) is 0 Å². The Morgan fingerprint density at radius 1 is 1.38 bits per heavy atom. The Hall–Kier alpha value is -1.81. The Morgan fingerprint density at radius 3 is 2.92 bits per heavy atom. The molecule has 2 aromatic rings. The summed E-state index contributed by atoms with van der Waals surface area (Å²) < 4.78 is 5.47. The second-order valence-corrected chi connectivity index (χ2v) is 7.36. The van der Waals surface area contributed by atoms with Crippen molar-refractivity contribution >= 4 is 16.9 Å². The fraction of sp³-hybridized carbons (Fsp3) is 0.550. The minimum Gasteiger partial charge on any atom is -0.465 e. The number of esters is 1. The predicted molar refractivity (Wildman–Crippen MR) is 94.9 cm³/mol. The van der Waals surface area contributed by atoms with Crippen LogP contribution in [0.5, 0.6) is 0 Å². The van der Waals surface area contributed by atoms with Crippen LogP contribution in [0.3, 0.4) is 0 Å². The van der Waals surface area contributed by atoms with Crippen molar-refractivity contribution in [2.45, 2.75) is 38.6 Å². The van der Waals surface area contributed by atoms with E-state index in [9.17, 15) is 4.79 Å². The molecule has 1 aliphatic heterocycles. The lowest BCUT2D eigenvalue weighted by atomic mass is 9.64. The van der Waals surface area contributed by atoms with E-state index in [1.165, 1.54) is 35.5 Å². The summed E-state index contributed by atoms with van der Waals surface area (Å²) in [5, 5.41) is 1.33. The molecule has 1 aromatic carbocycles. The summed E-state index contributed by atoms with van der Waals surface area (Å²) in [5.74, 6) is 1.30. The van der Waals surface area contributed by atoms with E-state index >= 15 is 0 Å². The number of nitrogens with one attached hydrogen (secondary N) is 1. The van der Waals surface area contributed by atoms with Crippen LogP contribution in [0, 0.1) is 11.8 Å². The van der Waals surface area contributed by atoms with Gasteiger partial charge < -0.3 is 9.72 Å². The summed E-state index contributed by atoms with van der Waals surface area (Å²) in [4.78, 5) is 17.6. The van der Waals surface area contributed by atoms with Crippen molar-refractivity contribution in [3.63, 3.8) is 0 Å². The zero-order valence-corrected chi connectivity index (χ0v) is 14.7. The topological polar surface area (TPSA) is 45.3 Å². The molecule has 0 saturated carbocycles. The van der Waals surface area contributed by atoms with Crippen LogP contribution in [0.15, 0.2) is 24.3 Å². The fourth-order valence-electron chi connectivity index (χ4n) is 5.15.